The Bertz CT molecular complexity index is 1110. The highest BCUT2D eigenvalue weighted by atomic mass is 35.5. The van der Waals surface area contributed by atoms with E-state index in [-0.39, 0.29) is 24.3 Å². The molecule has 3 rings (SSSR count). The Morgan fingerprint density at radius 2 is 1.88 bits per heavy atom. The zero-order valence-corrected chi connectivity index (χ0v) is 19.3. The minimum absolute atomic E-state index is 0.000780. The van der Waals surface area contributed by atoms with Crippen LogP contribution in [0.1, 0.15) is 43.2 Å². The molecule has 1 aromatic heterocycles. The summed E-state index contributed by atoms with van der Waals surface area (Å²) in [7, 11) is 0. The summed E-state index contributed by atoms with van der Waals surface area (Å²) < 4.78 is 7.09. The SMILES string of the molecule is CC(CC(=O)O)NCc1ccc(NC(=O)c2cn(-c3ccc(OC(C)C)c(Cl)c3)nn2)cc1. The summed E-state index contributed by atoms with van der Waals surface area (Å²) in [5, 5.41) is 23.1. The molecule has 10 heteroatoms. The van der Waals surface area contributed by atoms with Crippen molar-refractivity contribution in [2.75, 3.05) is 5.32 Å². The fourth-order valence-corrected chi connectivity index (χ4v) is 3.22. The van der Waals surface area contributed by atoms with Gasteiger partial charge in [0, 0.05) is 18.3 Å². The van der Waals surface area contributed by atoms with E-state index in [1.165, 1.54) is 10.9 Å². The van der Waals surface area contributed by atoms with Gasteiger partial charge in [-0.15, -0.1) is 5.10 Å². The number of anilines is 1. The van der Waals surface area contributed by atoms with Crippen molar-refractivity contribution in [3.63, 3.8) is 0 Å². The number of carboxylic acid groups (broad SMARTS) is 1. The number of aromatic nitrogens is 3. The van der Waals surface area contributed by atoms with Crippen molar-refractivity contribution in [2.24, 2.45) is 0 Å². The average Bonchev–Trinajstić information content (AvgIpc) is 3.24. The molecule has 9 nitrogen and oxygen atoms in total. The van der Waals surface area contributed by atoms with E-state index in [4.69, 9.17) is 21.4 Å². The van der Waals surface area contributed by atoms with E-state index in [1.54, 1.807) is 30.3 Å². The van der Waals surface area contributed by atoms with Crippen LogP contribution < -0.4 is 15.4 Å². The Kier molecular flexibility index (Phi) is 8.02. The van der Waals surface area contributed by atoms with E-state index in [9.17, 15) is 9.59 Å². The standard InChI is InChI=1S/C23H26ClN5O4/c1-14(2)33-21-9-8-18(11-19(21)24)29-13-20(27-28-29)23(32)26-17-6-4-16(5-7-17)12-25-15(3)10-22(30)31/h4-9,11,13-15,25H,10,12H2,1-3H3,(H,26,32)(H,30,31). The molecule has 33 heavy (non-hydrogen) atoms. The lowest BCUT2D eigenvalue weighted by Crippen LogP contribution is -2.27. The highest BCUT2D eigenvalue weighted by Gasteiger charge is 2.14. The number of benzene rings is 2. The minimum Gasteiger partial charge on any atom is -0.489 e. The number of rotatable bonds is 10. The molecular weight excluding hydrogens is 446 g/mol. The average molecular weight is 472 g/mol. The van der Waals surface area contributed by atoms with Gasteiger partial charge in [-0.25, -0.2) is 4.68 Å². The Morgan fingerprint density at radius 3 is 2.52 bits per heavy atom. The summed E-state index contributed by atoms with van der Waals surface area (Å²) in [5.41, 5.74) is 2.38. The van der Waals surface area contributed by atoms with Crippen molar-refractivity contribution in [1.29, 1.82) is 0 Å². The van der Waals surface area contributed by atoms with Crippen molar-refractivity contribution in [2.45, 2.75) is 45.9 Å². The van der Waals surface area contributed by atoms with Crippen LogP contribution in [-0.2, 0) is 11.3 Å². The second-order valence-electron chi connectivity index (χ2n) is 7.86. The third kappa shape index (κ3) is 7.03. The van der Waals surface area contributed by atoms with Gasteiger partial charge in [-0.05, 0) is 56.7 Å². The molecule has 0 radical (unpaired) electrons. The molecule has 0 aliphatic carbocycles. The van der Waals surface area contributed by atoms with Crippen molar-refractivity contribution in [1.82, 2.24) is 20.3 Å². The van der Waals surface area contributed by atoms with Gasteiger partial charge in [-0.2, -0.15) is 0 Å². The number of nitrogens with zero attached hydrogens (tertiary/aromatic N) is 3. The molecule has 1 unspecified atom stereocenters. The Morgan fingerprint density at radius 1 is 1.15 bits per heavy atom. The fourth-order valence-electron chi connectivity index (χ4n) is 3.00. The summed E-state index contributed by atoms with van der Waals surface area (Å²) in [6.45, 7) is 6.18. The predicted molar refractivity (Wildman–Crippen MR) is 125 cm³/mol. The maximum absolute atomic E-state index is 12.6. The second kappa shape index (κ2) is 10.9. The van der Waals surface area contributed by atoms with Gasteiger partial charge in [0.25, 0.3) is 5.91 Å². The third-order valence-electron chi connectivity index (χ3n) is 4.62. The molecule has 3 aromatic rings. The molecule has 0 bridgehead atoms. The van der Waals surface area contributed by atoms with Crippen molar-refractivity contribution in [3.05, 3.63) is 64.9 Å². The Labute approximate surface area is 196 Å². The largest absolute Gasteiger partial charge is 0.489 e. The van der Waals surface area contributed by atoms with Crippen LogP contribution in [0.25, 0.3) is 5.69 Å². The van der Waals surface area contributed by atoms with E-state index in [2.05, 4.69) is 20.9 Å². The van der Waals surface area contributed by atoms with Gasteiger partial charge in [-0.3, -0.25) is 9.59 Å². The lowest BCUT2D eigenvalue weighted by Gasteiger charge is -2.12. The number of hydrogen-bond donors (Lipinski definition) is 3. The predicted octanol–water partition coefficient (Wildman–Crippen LogP) is 3.91. The Hall–Kier alpha value is -3.43. The Balaban J connectivity index is 1.59. The number of aliphatic carboxylic acids is 1. The highest BCUT2D eigenvalue weighted by Crippen LogP contribution is 2.27. The van der Waals surface area contributed by atoms with E-state index < -0.39 is 11.9 Å². The number of carbonyl (C=O) groups is 2. The molecule has 174 valence electrons. The number of carboxylic acids is 1. The van der Waals surface area contributed by atoms with Gasteiger partial charge in [0.15, 0.2) is 5.69 Å². The van der Waals surface area contributed by atoms with E-state index in [0.29, 0.717) is 28.7 Å². The van der Waals surface area contributed by atoms with Crippen LogP contribution in [0.3, 0.4) is 0 Å². The van der Waals surface area contributed by atoms with Crippen LogP contribution in [-0.4, -0.2) is 44.1 Å². The molecule has 1 heterocycles. The van der Waals surface area contributed by atoms with E-state index in [0.717, 1.165) is 5.56 Å². The van der Waals surface area contributed by atoms with Gasteiger partial charge in [0.05, 0.1) is 29.4 Å². The monoisotopic (exact) mass is 471 g/mol. The molecule has 1 amide bonds. The smallest absolute Gasteiger partial charge is 0.304 e. The molecule has 0 saturated heterocycles. The number of hydrogen-bond acceptors (Lipinski definition) is 6. The molecule has 2 aromatic carbocycles. The lowest BCUT2D eigenvalue weighted by molar-refractivity contribution is -0.137. The molecule has 0 spiro atoms. The topological polar surface area (TPSA) is 118 Å². The minimum atomic E-state index is -0.842. The van der Waals surface area contributed by atoms with Gasteiger partial charge < -0.3 is 20.5 Å². The van der Waals surface area contributed by atoms with Gasteiger partial charge in [0.1, 0.15) is 5.75 Å². The normalized spacial score (nSPS) is 11.9. The first-order valence-electron chi connectivity index (χ1n) is 10.5. The van der Waals surface area contributed by atoms with Crippen molar-refractivity contribution < 1.29 is 19.4 Å². The highest BCUT2D eigenvalue weighted by molar-refractivity contribution is 6.32. The van der Waals surface area contributed by atoms with E-state index >= 15 is 0 Å². The van der Waals surface area contributed by atoms with Crippen LogP contribution in [0.15, 0.2) is 48.7 Å². The number of nitrogens with one attached hydrogen (secondary N) is 2. The molecule has 3 N–H and O–H groups in total. The van der Waals surface area contributed by atoms with Gasteiger partial charge in [-0.1, -0.05) is 28.9 Å². The van der Waals surface area contributed by atoms with Crippen molar-refractivity contribution in [3.8, 4) is 11.4 Å². The summed E-state index contributed by atoms with van der Waals surface area (Å²) in [4.78, 5) is 23.3. The maximum Gasteiger partial charge on any atom is 0.304 e. The molecular formula is C23H26ClN5O4. The van der Waals surface area contributed by atoms with Gasteiger partial charge >= 0.3 is 5.97 Å². The molecule has 0 saturated carbocycles. The molecule has 0 fully saturated rings. The van der Waals surface area contributed by atoms with Crippen LogP contribution in [0.4, 0.5) is 5.69 Å². The van der Waals surface area contributed by atoms with E-state index in [1.807, 2.05) is 32.9 Å². The van der Waals surface area contributed by atoms with Crippen LogP contribution >= 0.6 is 11.6 Å². The summed E-state index contributed by atoms with van der Waals surface area (Å²) in [6.07, 6.45) is 1.57. The molecule has 0 aliphatic heterocycles. The summed E-state index contributed by atoms with van der Waals surface area (Å²) >= 11 is 6.28. The quantitative estimate of drug-likeness (QED) is 0.410. The zero-order chi connectivity index (χ0) is 24.0. The number of halogens is 1. The summed E-state index contributed by atoms with van der Waals surface area (Å²) in [6, 6.07) is 12.3. The maximum atomic E-state index is 12.6. The first-order valence-corrected chi connectivity index (χ1v) is 10.8. The number of carbonyl (C=O) groups excluding carboxylic acids is 1. The molecule has 0 aliphatic rings. The van der Waals surface area contributed by atoms with Gasteiger partial charge in [0.2, 0.25) is 0 Å². The lowest BCUT2D eigenvalue weighted by atomic mass is 10.1. The molecule has 1 atom stereocenters. The van der Waals surface area contributed by atoms with Crippen LogP contribution in [0, 0.1) is 0 Å². The fraction of sp³-hybridized carbons (Fsp3) is 0.304. The number of amides is 1. The van der Waals surface area contributed by atoms with Crippen LogP contribution in [0.5, 0.6) is 5.75 Å². The zero-order valence-electron chi connectivity index (χ0n) is 18.6. The second-order valence-corrected chi connectivity index (χ2v) is 8.27. The first kappa shape index (κ1) is 24.2. The van der Waals surface area contributed by atoms with Crippen molar-refractivity contribution >= 4 is 29.2 Å². The van der Waals surface area contributed by atoms with Crippen LogP contribution in [0.2, 0.25) is 5.02 Å². The number of ether oxygens (including phenoxy) is 1. The summed E-state index contributed by atoms with van der Waals surface area (Å²) in [5.74, 6) is -0.665. The third-order valence-corrected chi connectivity index (χ3v) is 4.91. The first-order chi connectivity index (χ1) is 15.7.